The number of nitrogens with zero attached hydrogens (tertiary/aromatic N) is 5. The van der Waals surface area contributed by atoms with Crippen molar-refractivity contribution in [3.05, 3.63) is 42.6 Å². The SMILES string of the molecule is CN(C)S(=O)(=O)N1CCCC1c1cccc(-n2ccnc2)n1. The molecule has 2 aromatic heterocycles. The van der Waals surface area contributed by atoms with Gasteiger partial charge in [0.25, 0.3) is 10.2 Å². The molecule has 0 aromatic carbocycles. The van der Waals surface area contributed by atoms with E-state index in [1.54, 1.807) is 26.6 Å². The van der Waals surface area contributed by atoms with Crippen molar-refractivity contribution in [3.8, 4) is 5.82 Å². The standard InChI is InChI=1S/C14H19N5O2S/c1-17(2)22(20,21)19-9-4-6-13(19)12-5-3-7-14(16-12)18-10-8-15-11-18/h3,5,7-8,10-11,13H,4,6,9H2,1-2H3. The zero-order valence-corrected chi connectivity index (χ0v) is 13.4. The average molecular weight is 321 g/mol. The Morgan fingerprint density at radius 2 is 2.14 bits per heavy atom. The molecule has 3 heterocycles. The van der Waals surface area contributed by atoms with E-state index in [4.69, 9.17) is 0 Å². The summed E-state index contributed by atoms with van der Waals surface area (Å²) in [6, 6.07) is 5.45. The van der Waals surface area contributed by atoms with Gasteiger partial charge < -0.3 is 0 Å². The summed E-state index contributed by atoms with van der Waals surface area (Å²) in [5.74, 6) is 0.740. The third-order valence-electron chi connectivity index (χ3n) is 3.83. The minimum absolute atomic E-state index is 0.212. The number of hydrogen-bond acceptors (Lipinski definition) is 4. The molecule has 2 aromatic rings. The predicted octanol–water partition coefficient (Wildman–Crippen LogP) is 1.21. The lowest BCUT2D eigenvalue weighted by Crippen LogP contribution is -2.39. The zero-order chi connectivity index (χ0) is 15.7. The summed E-state index contributed by atoms with van der Waals surface area (Å²) in [6.07, 6.45) is 6.80. The van der Waals surface area contributed by atoms with Gasteiger partial charge in [-0.1, -0.05) is 6.07 Å². The summed E-state index contributed by atoms with van der Waals surface area (Å²) in [6.45, 7) is 0.530. The summed E-state index contributed by atoms with van der Waals surface area (Å²) < 4.78 is 29.5. The van der Waals surface area contributed by atoms with Gasteiger partial charge in [0.15, 0.2) is 0 Å². The van der Waals surface area contributed by atoms with E-state index in [1.165, 1.54) is 8.61 Å². The van der Waals surface area contributed by atoms with E-state index in [0.717, 1.165) is 24.4 Å². The highest BCUT2D eigenvalue weighted by Crippen LogP contribution is 2.34. The Balaban J connectivity index is 1.95. The first-order valence-corrected chi connectivity index (χ1v) is 8.54. The second kappa shape index (κ2) is 5.79. The van der Waals surface area contributed by atoms with Crippen molar-refractivity contribution in [2.45, 2.75) is 18.9 Å². The maximum Gasteiger partial charge on any atom is 0.282 e. The lowest BCUT2D eigenvalue weighted by molar-refractivity contribution is 0.358. The second-order valence-electron chi connectivity index (χ2n) is 5.45. The molecule has 22 heavy (non-hydrogen) atoms. The molecule has 0 saturated carbocycles. The van der Waals surface area contributed by atoms with E-state index in [9.17, 15) is 8.42 Å². The number of aromatic nitrogens is 3. The Hall–Kier alpha value is -1.77. The van der Waals surface area contributed by atoms with Crippen LogP contribution in [-0.4, -0.2) is 52.2 Å². The Morgan fingerprint density at radius 3 is 2.82 bits per heavy atom. The molecule has 1 aliphatic rings. The molecule has 8 heteroatoms. The van der Waals surface area contributed by atoms with Crippen LogP contribution in [0.2, 0.25) is 0 Å². The van der Waals surface area contributed by atoms with Crippen molar-refractivity contribution in [2.24, 2.45) is 0 Å². The largest absolute Gasteiger partial charge is 0.291 e. The Bertz CT molecular complexity index is 742. The van der Waals surface area contributed by atoms with E-state index >= 15 is 0 Å². The van der Waals surface area contributed by atoms with Crippen LogP contribution in [0.5, 0.6) is 0 Å². The number of imidazole rings is 1. The summed E-state index contributed by atoms with van der Waals surface area (Å²) in [4.78, 5) is 8.63. The van der Waals surface area contributed by atoms with E-state index in [0.29, 0.717) is 6.54 Å². The molecule has 0 radical (unpaired) electrons. The molecule has 1 unspecified atom stereocenters. The summed E-state index contributed by atoms with van der Waals surface area (Å²) in [5.41, 5.74) is 0.772. The lowest BCUT2D eigenvalue weighted by atomic mass is 10.1. The molecule has 118 valence electrons. The van der Waals surface area contributed by atoms with Gasteiger partial charge in [0.2, 0.25) is 0 Å². The smallest absolute Gasteiger partial charge is 0.282 e. The van der Waals surface area contributed by atoms with Gasteiger partial charge in [-0.05, 0) is 25.0 Å². The van der Waals surface area contributed by atoms with Gasteiger partial charge in [-0.3, -0.25) is 4.57 Å². The number of hydrogen-bond donors (Lipinski definition) is 0. The van der Waals surface area contributed by atoms with Crippen molar-refractivity contribution in [3.63, 3.8) is 0 Å². The van der Waals surface area contributed by atoms with Crippen LogP contribution in [0.15, 0.2) is 36.9 Å². The molecule has 7 nitrogen and oxygen atoms in total. The first kappa shape index (κ1) is 15.1. The van der Waals surface area contributed by atoms with Crippen LogP contribution in [0.3, 0.4) is 0 Å². The van der Waals surface area contributed by atoms with Gasteiger partial charge in [-0.15, -0.1) is 0 Å². The van der Waals surface area contributed by atoms with E-state index in [1.807, 2.05) is 29.0 Å². The van der Waals surface area contributed by atoms with Crippen molar-refractivity contribution < 1.29 is 8.42 Å². The summed E-state index contributed by atoms with van der Waals surface area (Å²) in [7, 11) is -0.322. The minimum atomic E-state index is -3.43. The Morgan fingerprint density at radius 1 is 1.32 bits per heavy atom. The highest BCUT2D eigenvalue weighted by molar-refractivity contribution is 7.86. The fourth-order valence-corrected chi connectivity index (χ4v) is 4.00. The average Bonchev–Trinajstić information content (AvgIpc) is 3.19. The monoisotopic (exact) mass is 321 g/mol. The van der Waals surface area contributed by atoms with Crippen molar-refractivity contribution in [1.29, 1.82) is 0 Å². The molecule has 1 fully saturated rings. The van der Waals surface area contributed by atoms with Gasteiger partial charge in [-0.2, -0.15) is 17.0 Å². The van der Waals surface area contributed by atoms with Gasteiger partial charge in [0.05, 0.1) is 11.7 Å². The van der Waals surface area contributed by atoms with E-state index in [2.05, 4.69) is 9.97 Å². The third-order valence-corrected chi connectivity index (χ3v) is 5.78. The first-order valence-electron chi connectivity index (χ1n) is 7.15. The van der Waals surface area contributed by atoms with Gasteiger partial charge in [-0.25, -0.2) is 9.97 Å². The molecule has 0 amide bonds. The normalized spacial score (nSPS) is 19.9. The highest BCUT2D eigenvalue weighted by Gasteiger charge is 2.37. The molecule has 0 spiro atoms. The number of rotatable bonds is 4. The number of pyridine rings is 1. The van der Waals surface area contributed by atoms with Crippen molar-refractivity contribution >= 4 is 10.2 Å². The summed E-state index contributed by atoms with van der Waals surface area (Å²) in [5, 5.41) is 0. The maximum atomic E-state index is 12.4. The fourth-order valence-electron chi connectivity index (χ4n) is 2.69. The first-order chi connectivity index (χ1) is 10.5. The molecule has 1 atom stereocenters. The molecule has 0 N–H and O–H groups in total. The molecular weight excluding hydrogens is 302 g/mol. The summed E-state index contributed by atoms with van der Waals surface area (Å²) >= 11 is 0. The van der Waals surface area contributed by atoms with Crippen LogP contribution in [0.25, 0.3) is 5.82 Å². The third kappa shape index (κ3) is 2.65. The van der Waals surface area contributed by atoms with Crippen LogP contribution in [0, 0.1) is 0 Å². The predicted molar refractivity (Wildman–Crippen MR) is 82.6 cm³/mol. The van der Waals surface area contributed by atoms with E-state index in [-0.39, 0.29) is 6.04 Å². The second-order valence-corrected chi connectivity index (χ2v) is 7.54. The topological polar surface area (TPSA) is 71.3 Å². The van der Waals surface area contributed by atoms with Crippen LogP contribution in [0.1, 0.15) is 24.6 Å². The quantitative estimate of drug-likeness (QED) is 0.848. The van der Waals surface area contributed by atoms with Crippen LogP contribution < -0.4 is 0 Å². The van der Waals surface area contributed by atoms with Crippen molar-refractivity contribution in [2.75, 3.05) is 20.6 Å². The fraction of sp³-hybridized carbons (Fsp3) is 0.429. The molecule has 0 bridgehead atoms. The molecule has 1 aliphatic heterocycles. The van der Waals surface area contributed by atoms with Crippen molar-refractivity contribution in [1.82, 2.24) is 23.1 Å². The maximum absolute atomic E-state index is 12.4. The molecule has 0 aliphatic carbocycles. The Labute approximate surface area is 130 Å². The molecular formula is C14H19N5O2S. The molecule has 1 saturated heterocycles. The zero-order valence-electron chi connectivity index (χ0n) is 12.6. The van der Waals surface area contributed by atoms with Crippen LogP contribution >= 0.6 is 0 Å². The van der Waals surface area contributed by atoms with Crippen LogP contribution in [0.4, 0.5) is 0 Å². The lowest BCUT2D eigenvalue weighted by Gasteiger charge is -2.26. The van der Waals surface area contributed by atoms with Crippen LogP contribution in [-0.2, 0) is 10.2 Å². The van der Waals surface area contributed by atoms with E-state index < -0.39 is 10.2 Å². The highest BCUT2D eigenvalue weighted by atomic mass is 32.2. The van der Waals surface area contributed by atoms with Gasteiger partial charge in [0.1, 0.15) is 12.1 Å². The minimum Gasteiger partial charge on any atom is -0.291 e. The molecule has 3 rings (SSSR count). The van der Waals surface area contributed by atoms with Gasteiger partial charge >= 0.3 is 0 Å². The van der Waals surface area contributed by atoms with Gasteiger partial charge in [0, 0.05) is 33.0 Å². The Kier molecular flexibility index (Phi) is 3.98.